The van der Waals surface area contributed by atoms with Gasteiger partial charge in [-0.1, -0.05) is 0 Å². The van der Waals surface area contributed by atoms with Crippen molar-refractivity contribution in [2.24, 2.45) is 0 Å². The van der Waals surface area contributed by atoms with Crippen molar-refractivity contribution in [3.05, 3.63) is 29.0 Å². The third-order valence-electron chi connectivity index (χ3n) is 2.31. The number of alkyl halides is 3. The van der Waals surface area contributed by atoms with E-state index in [2.05, 4.69) is 4.37 Å². The fourth-order valence-electron chi connectivity index (χ4n) is 1.48. The number of carboxylic acids is 1. The number of aromatic nitrogens is 1. The minimum absolute atomic E-state index is 0.238. The molecule has 0 saturated carbocycles. The highest BCUT2D eigenvalue weighted by Crippen LogP contribution is 2.35. The first kappa shape index (κ1) is 11.8. The highest BCUT2D eigenvalue weighted by atomic mass is 32.1. The Balaban J connectivity index is 2.83. The van der Waals surface area contributed by atoms with E-state index in [1.54, 1.807) is 6.92 Å². The van der Waals surface area contributed by atoms with Crippen LogP contribution in [0.4, 0.5) is 13.2 Å². The summed E-state index contributed by atoms with van der Waals surface area (Å²) in [6.07, 6.45) is -4.56. The fraction of sp³-hybridized carbons (Fsp3) is 0.200. The summed E-state index contributed by atoms with van der Waals surface area (Å²) in [7, 11) is 0. The Labute approximate surface area is 97.7 Å². The molecular weight excluding hydrogens is 255 g/mol. The van der Waals surface area contributed by atoms with Crippen molar-refractivity contribution in [2.45, 2.75) is 13.1 Å². The van der Waals surface area contributed by atoms with Gasteiger partial charge < -0.3 is 5.11 Å². The lowest BCUT2D eigenvalue weighted by atomic mass is 10.1. The van der Waals surface area contributed by atoms with Crippen LogP contribution in [0.15, 0.2) is 12.1 Å². The first-order valence-electron chi connectivity index (χ1n) is 4.51. The van der Waals surface area contributed by atoms with Crippen molar-refractivity contribution in [3.8, 4) is 0 Å². The molecular formula is C10H6F3NO2S. The van der Waals surface area contributed by atoms with Gasteiger partial charge in [0.15, 0.2) is 0 Å². The second-order valence-electron chi connectivity index (χ2n) is 3.47. The van der Waals surface area contributed by atoms with Crippen molar-refractivity contribution in [1.29, 1.82) is 0 Å². The van der Waals surface area contributed by atoms with Gasteiger partial charge in [-0.05, 0) is 30.6 Å². The maximum atomic E-state index is 12.6. The number of halogens is 3. The van der Waals surface area contributed by atoms with Gasteiger partial charge in [-0.3, -0.25) is 0 Å². The highest BCUT2D eigenvalue weighted by molar-refractivity contribution is 7.13. The molecule has 0 aliphatic heterocycles. The van der Waals surface area contributed by atoms with E-state index in [0.717, 1.165) is 17.6 Å². The number of nitrogens with zero attached hydrogens (tertiary/aromatic N) is 1. The summed E-state index contributed by atoms with van der Waals surface area (Å²) in [6.45, 7) is 1.55. The quantitative estimate of drug-likeness (QED) is 0.856. The number of aryl methyl sites for hydroxylation is 1. The van der Waals surface area contributed by atoms with Crippen LogP contribution in [-0.2, 0) is 6.18 Å². The van der Waals surface area contributed by atoms with E-state index in [9.17, 15) is 18.0 Å². The summed E-state index contributed by atoms with van der Waals surface area (Å²) in [5.74, 6) is -1.38. The van der Waals surface area contributed by atoms with Crippen molar-refractivity contribution in [1.82, 2.24) is 4.37 Å². The Morgan fingerprint density at radius 1 is 1.41 bits per heavy atom. The number of carboxylic acid groups (broad SMARTS) is 1. The van der Waals surface area contributed by atoms with E-state index in [1.165, 1.54) is 0 Å². The topological polar surface area (TPSA) is 50.2 Å². The molecule has 0 atom stereocenters. The van der Waals surface area contributed by atoms with Crippen LogP contribution < -0.4 is 0 Å². The predicted molar refractivity (Wildman–Crippen MR) is 56.3 cm³/mol. The zero-order chi connectivity index (χ0) is 12.8. The molecule has 0 fully saturated rings. The second-order valence-corrected chi connectivity index (χ2v) is 4.24. The molecule has 1 heterocycles. The smallest absolute Gasteiger partial charge is 0.416 e. The Bertz CT molecular complexity index is 603. The summed E-state index contributed by atoms with van der Waals surface area (Å²) in [6, 6.07) is 1.57. The Kier molecular flexibility index (Phi) is 2.57. The van der Waals surface area contributed by atoms with E-state index in [1.807, 2.05) is 0 Å². The largest absolute Gasteiger partial charge is 0.478 e. The molecule has 0 aliphatic carbocycles. The zero-order valence-corrected chi connectivity index (χ0v) is 9.32. The monoisotopic (exact) mass is 261 g/mol. The lowest BCUT2D eigenvalue weighted by Gasteiger charge is -2.08. The molecule has 2 rings (SSSR count). The molecule has 0 amide bonds. The number of benzene rings is 1. The van der Waals surface area contributed by atoms with Crippen LogP contribution in [0, 0.1) is 6.92 Å². The van der Waals surface area contributed by atoms with Crippen LogP contribution in [0.1, 0.15) is 21.6 Å². The maximum Gasteiger partial charge on any atom is 0.416 e. The summed E-state index contributed by atoms with van der Waals surface area (Å²) in [4.78, 5) is 10.9. The van der Waals surface area contributed by atoms with Gasteiger partial charge in [0.25, 0.3) is 0 Å². The minimum Gasteiger partial charge on any atom is -0.478 e. The third-order valence-corrected chi connectivity index (χ3v) is 3.30. The van der Waals surface area contributed by atoms with Gasteiger partial charge in [-0.15, -0.1) is 0 Å². The van der Waals surface area contributed by atoms with Gasteiger partial charge in [0.1, 0.15) is 0 Å². The number of carbonyl (C=O) groups is 1. The van der Waals surface area contributed by atoms with Crippen molar-refractivity contribution < 1.29 is 23.1 Å². The molecule has 3 nitrogen and oxygen atoms in total. The van der Waals surface area contributed by atoms with Crippen LogP contribution >= 0.6 is 11.5 Å². The summed E-state index contributed by atoms with van der Waals surface area (Å²) < 4.78 is 41.9. The average Bonchev–Trinajstić information content (AvgIpc) is 2.58. The molecule has 2 aromatic rings. The molecule has 1 aromatic heterocycles. The normalized spacial score (nSPS) is 12.0. The Hall–Kier alpha value is -1.63. The first-order valence-corrected chi connectivity index (χ1v) is 5.28. The van der Waals surface area contributed by atoms with Gasteiger partial charge in [0.2, 0.25) is 0 Å². The summed E-state index contributed by atoms with van der Waals surface area (Å²) in [5, 5.41) is 9.13. The lowest BCUT2D eigenvalue weighted by molar-refractivity contribution is -0.137. The molecule has 17 heavy (non-hydrogen) atoms. The van der Waals surface area contributed by atoms with Gasteiger partial charge in [0, 0.05) is 5.39 Å². The van der Waals surface area contributed by atoms with Crippen molar-refractivity contribution >= 4 is 27.6 Å². The van der Waals surface area contributed by atoms with Gasteiger partial charge >= 0.3 is 12.1 Å². The van der Waals surface area contributed by atoms with Crippen molar-refractivity contribution in [3.63, 3.8) is 0 Å². The van der Waals surface area contributed by atoms with Gasteiger partial charge in [-0.25, -0.2) is 4.79 Å². The molecule has 0 unspecified atom stereocenters. The molecule has 90 valence electrons. The lowest BCUT2D eigenvalue weighted by Crippen LogP contribution is -2.07. The predicted octanol–water partition coefficient (Wildman–Crippen LogP) is 3.32. The van der Waals surface area contributed by atoms with Crippen LogP contribution in [-0.4, -0.2) is 15.4 Å². The van der Waals surface area contributed by atoms with E-state index in [4.69, 9.17) is 5.11 Å². The van der Waals surface area contributed by atoms with E-state index in [-0.39, 0.29) is 15.6 Å². The summed E-state index contributed by atoms with van der Waals surface area (Å²) in [5.41, 5.74) is -0.926. The second kappa shape index (κ2) is 3.69. The number of hydrogen-bond donors (Lipinski definition) is 1. The number of aromatic carboxylic acids is 1. The standard InChI is InChI=1S/C10H6F3NO2S/c1-4-6-2-5(10(11,12)13)3-7(9(15)16)8(6)17-14-4/h2-3H,1H3,(H,15,16). The SMILES string of the molecule is Cc1nsc2c(C(=O)O)cc(C(F)(F)F)cc12. The van der Waals surface area contributed by atoms with Gasteiger partial charge in [-0.2, -0.15) is 17.5 Å². The molecule has 0 aliphatic rings. The fourth-order valence-corrected chi connectivity index (χ4v) is 2.36. The van der Waals surface area contributed by atoms with Crippen LogP contribution in [0.25, 0.3) is 10.1 Å². The number of fused-ring (bicyclic) bond motifs is 1. The minimum atomic E-state index is -4.56. The van der Waals surface area contributed by atoms with Crippen LogP contribution in [0.2, 0.25) is 0 Å². The maximum absolute atomic E-state index is 12.6. The van der Waals surface area contributed by atoms with E-state index < -0.39 is 17.7 Å². The van der Waals surface area contributed by atoms with E-state index in [0.29, 0.717) is 11.8 Å². The Morgan fingerprint density at radius 3 is 2.59 bits per heavy atom. The molecule has 0 saturated heterocycles. The number of rotatable bonds is 1. The molecule has 1 N–H and O–H groups in total. The molecule has 7 heteroatoms. The van der Waals surface area contributed by atoms with Crippen LogP contribution in [0.5, 0.6) is 0 Å². The van der Waals surface area contributed by atoms with E-state index >= 15 is 0 Å². The third kappa shape index (κ3) is 1.97. The van der Waals surface area contributed by atoms with Gasteiger partial charge in [0.05, 0.1) is 21.5 Å². The Morgan fingerprint density at radius 2 is 2.06 bits per heavy atom. The highest BCUT2D eigenvalue weighted by Gasteiger charge is 2.32. The summed E-state index contributed by atoms with van der Waals surface area (Å²) >= 11 is 0.890. The number of hydrogen-bond acceptors (Lipinski definition) is 3. The average molecular weight is 261 g/mol. The molecule has 0 spiro atoms. The van der Waals surface area contributed by atoms with Crippen molar-refractivity contribution in [2.75, 3.05) is 0 Å². The molecule has 1 aromatic carbocycles. The molecule has 0 bridgehead atoms. The molecule has 0 radical (unpaired) electrons. The van der Waals surface area contributed by atoms with Crippen LogP contribution in [0.3, 0.4) is 0 Å². The first-order chi connectivity index (χ1) is 7.80. The zero-order valence-electron chi connectivity index (χ0n) is 8.50.